The lowest BCUT2D eigenvalue weighted by molar-refractivity contribution is -0.139. The Morgan fingerprint density at radius 2 is 2.00 bits per heavy atom. The molecule has 0 bridgehead atoms. The monoisotopic (exact) mass is 328 g/mol. The van der Waals surface area contributed by atoms with Crippen LogP contribution in [0, 0.1) is 0 Å². The molecule has 1 aromatic heterocycles. The molecule has 1 heterocycles. The number of carboxylic acids is 1. The summed E-state index contributed by atoms with van der Waals surface area (Å²) in [5, 5.41) is 9.46. The van der Waals surface area contributed by atoms with Crippen LogP contribution in [-0.4, -0.2) is 24.1 Å². The Morgan fingerprint density at radius 1 is 1.33 bits per heavy atom. The molecule has 0 aliphatic rings. The van der Waals surface area contributed by atoms with Crippen LogP contribution in [0.1, 0.15) is 11.6 Å². The summed E-state index contributed by atoms with van der Waals surface area (Å²) in [4.78, 5) is 11.4. The molecule has 0 aliphatic heterocycles. The number of aliphatic carboxylic acids is 1. The Hall–Kier alpha value is -1.83. The van der Waals surface area contributed by atoms with E-state index in [2.05, 4.69) is 4.72 Å². The average molecular weight is 329 g/mol. The first-order chi connectivity index (χ1) is 9.81. The van der Waals surface area contributed by atoms with Crippen molar-refractivity contribution in [3.05, 3.63) is 53.3 Å². The number of sulfonamides is 1. The summed E-state index contributed by atoms with van der Waals surface area (Å²) in [6, 6.07) is 6.13. The van der Waals surface area contributed by atoms with Gasteiger partial charge in [-0.15, -0.1) is 0 Å². The predicted octanol–water partition coefficient (Wildman–Crippen LogP) is 1.78. The van der Waals surface area contributed by atoms with E-state index in [9.17, 15) is 18.3 Å². The number of nitrogens with zero attached hydrogens (tertiary/aromatic N) is 1. The van der Waals surface area contributed by atoms with Gasteiger partial charge in [0.25, 0.3) is 0 Å². The van der Waals surface area contributed by atoms with Crippen LogP contribution in [0.25, 0.3) is 0 Å². The van der Waals surface area contributed by atoms with Crippen molar-refractivity contribution in [1.82, 2.24) is 9.29 Å². The fourth-order valence-corrected chi connectivity index (χ4v) is 3.28. The summed E-state index contributed by atoms with van der Waals surface area (Å²) >= 11 is 5.94. The first-order valence-electron chi connectivity index (χ1n) is 5.93. The van der Waals surface area contributed by atoms with Gasteiger partial charge in [-0.3, -0.25) is 4.79 Å². The summed E-state index contributed by atoms with van der Waals surface area (Å²) in [6.07, 6.45) is 2.94. The molecule has 0 radical (unpaired) electrons. The molecule has 21 heavy (non-hydrogen) atoms. The topological polar surface area (TPSA) is 88.4 Å². The lowest BCUT2D eigenvalue weighted by Crippen LogP contribution is -2.33. The van der Waals surface area contributed by atoms with Crippen molar-refractivity contribution in [3.63, 3.8) is 0 Å². The van der Waals surface area contributed by atoms with E-state index >= 15 is 0 Å². The Balaban J connectivity index is 2.38. The summed E-state index contributed by atoms with van der Waals surface area (Å²) in [6.45, 7) is 0. The van der Waals surface area contributed by atoms with E-state index < -0.39 is 22.0 Å². The van der Waals surface area contributed by atoms with Crippen molar-refractivity contribution in [2.75, 3.05) is 0 Å². The van der Waals surface area contributed by atoms with E-state index in [0.29, 0.717) is 0 Å². The minimum Gasteiger partial charge on any atom is -0.480 e. The van der Waals surface area contributed by atoms with Gasteiger partial charge in [0.15, 0.2) is 0 Å². The van der Waals surface area contributed by atoms with Gasteiger partial charge in [0.2, 0.25) is 10.0 Å². The van der Waals surface area contributed by atoms with E-state index in [1.807, 2.05) is 0 Å². The molecule has 0 fully saturated rings. The first-order valence-corrected chi connectivity index (χ1v) is 7.79. The summed E-state index contributed by atoms with van der Waals surface area (Å²) in [5.74, 6) is -1.33. The quantitative estimate of drug-likeness (QED) is 0.875. The fourth-order valence-electron chi connectivity index (χ4n) is 1.82. The largest absolute Gasteiger partial charge is 0.480 e. The van der Waals surface area contributed by atoms with Crippen LogP contribution in [0.5, 0.6) is 0 Å². The van der Waals surface area contributed by atoms with E-state index in [1.54, 1.807) is 29.9 Å². The van der Waals surface area contributed by atoms with Crippen LogP contribution in [-0.2, 0) is 21.9 Å². The minimum atomic E-state index is -3.96. The van der Waals surface area contributed by atoms with Crippen molar-refractivity contribution in [3.8, 4) is 0 Å². The zero-order valence-electron chi connectivity index (χ0n) is 11.0. The molecular weight excluding hydrogens is 316 g/mol. The van der Waals surface area contributed by atoms with Crippen LogP contribution in [0.2, 0.25) is 5.02 Å². The summed E-state index contributed by atoms with van der Waals surface area (Å²) in [5.41, 5.74) is 0.186. The van der Waals surface area contributed by atoms with Crippen LogP contribution >= 0.6 is 11.6 Å². The molecule has 0 unspecified atom stereocenters. The van der Waals surface area contributed by atoms with E-state index in [4.69, 9.17) is 11.6 Å². The lowest BCUT2D eigenvalue weighted by atomic mass is 10.1. The number of carbonyl (C=O) groups is 1. The number of hydrogen-bond acceptors (Lipinski definition) is 3. The van der Waals surface area contributed by atoms with Crippen LogP contribution in [0.15, 0.2) is 47.6 Å². The van der Waals surface area contributed by atoms with Crippen molar-refractivity contribution >= 4 is 27.6 Å². The highest BCUT2D eigenvalue weighted by Gasteiger charge is 2.28. The van der Waals surface area contributed by atoms with Crippen molar-refractivity contribution < 1.29 is 18.3 Å². The molecular formula is C13H13ClN2O4S. The molecule has 2 rings (SSSR count). The number of rotatable bonds is 5. The third kappa shape index (κ3) is 3.44. The zero-order chi connectivity index (χ0) is 15.6. The molecule has 2 aromatic rings. The predicted molar refractivity (Wildman–Crippen MR) is 77.6 cm³/mol. The molecule has 0 aliphatic carbocycles. The van der Waals surface area contributed by atoms with Gasteiger partial charge in [0.05, 0.1) is 4.90 Å². The smallest absolute Gasteiger partial charge is 0.326 e. The maximum absolute atomic E-state index is 12.2. The van der Waals surface area contributed by atoms with Crippen LogP contribution in [0.4, 0.5) is 0 Å². The Morgan fingerprint density at radius 3 is 2.52 bits per heavy atom. The Kier molecular flexibility index (Phi) is 4.36. The van der Waals surface area contributed by atoms with E-state index in [-0.39, 0.29) is 15.5 Å². The van der Waals surface area contributed by atoms with Crippen LogP contribution < -0.4 is 4.72 Å². The first kappa shape index (κ1) is 15.6. The molecule has 0 saturated heterocycles. The van der Waals surface area contributed by atoms with Gasteiger partial charge < -0.3 is 9.67 Å². The van der Waals surface area contributed by atoms with Gasteiger partial charge in [0.1, 0.15) is 6.04 Å². The van der Waals surface area contributed by atoms with Crippen molar-refractivity contribution in [2.45, 2.75) is 10.9 Å². The Bertz CT molecular complexity index is 770. The second-order valence-electron chi connectivity index (χ2n) is 4.43. The molecule has 0 amide bonds. The lowest BCUT2D eigenvalue weighted by Gasteiger charge is -2.15. The number of nitrogens with one attached hydrogen (secondary N) is 1. The number of aromatic nitrogens is 1. The molecule has 112 valence electrons. The molecule has 2 N–H and O–H groups in total. The second-order valence-corrected chi connectivity index (χ2v) is 6.55. The molecule has 6 nitrogen and oxygen atoms in total. The maximum atomic E-state index is 12.2. The second kappa shape index (κ2) is 5.88. The molecule has 8 heteroatoms. The number of aryl methyl sites for hydroxylation is 1. The number of carboxylic acid groups (broad SMARTS) is 1. The van der Waals surface area contributed by atoms with Crippen molar-refractivity contribution in [1.29, 1.82) is 0 Å². The normalized spacial score (nSPS) is 13.0. The van der Waals surface area contributed by atoms with Crippen LogP contribution in [0.3, 0.4) is 0 Å². The van der Waals surface area contributed by atoms with Gasteiger partial charge >= 0.3 is 5.97 Å². The van der Waals surface area contributed by atoms with Gasteiger partial charge in [0, 0.05) is 24.5 Å². The number of hydrogen-bond donors (Lipinski definition) is 2. The number of benzene rings is 1. The Labute approximate surface area is 127 Å². The van der Waals surface area contributed by atoms with Gasteiger partial charge in [-0.25, -0.2) is 8.42 Å². The SMILES string of the molecule is Cn1ccc(S(=O)(=O)N[C@@H](C(=O)O)c2ccccc2Cl)c1. The van der Waals surface area contributed by atoms with Gasteiger partial charge in [-0.2, -0.15) is 4.72 Å². The summed E-state index contributed by atoms with van der Waals surface area (Å²) in [7, 11) is -2.29. The zero-order valence-corrected chi connectivity index (χ0v) is 12.6. The van der Waals surface area contributed by atoms with Gasteiger partial charge in [-0.05, 0) is 17.7 Å². The molecule has 1 atom stereocenters. The standard InChI is InChI=1S/C13H13ClN2O4S/c1-16-7-6-9(8-16)21(19,20)15-12(13(17)18)10-4-2-3-5-11(10)14/h2-8,12,15H,1H3,(H,17,18)/t12-/m1/s1. The van der Waals surface area contributed by atoms with E-state index in [1.165, 1.54) is 24.4 Å². The molecule has 1 aromatic carbocycles. The van der Waals surface area contributed by atoms with E-state index in [0.717, 1.165) is 0 Å². The third-order valence-corrected chi connectivity index (χ3v) is 4.60. The maximum Gasteiger partial charge on any atom is 0.326 e. The molecule has 0 spiro atoms. The highest BCUT2D eigenvalue weighted by Crippen LogP contribution is 2.24. The van der Waals surface area contributed by atoms with Gasteiger partial charge in [-0.1, -0.05) is 29.8 Å². The molecule has 0 saturated carbocycles. The fraction of sp³-hybridized carbons (Fsp3) is 0.154. The highest BCUT2D eigenvalue weighted by atomic mass is 35.5. The number of halogens is 1. The summed E-state index contributed by atoms with van der Waals surface area (Å²) < 4.78 is 28.1. The van der Waals surface area contributed by atoms with Crippen molar-refractivity contribution in [2.24, 2.45) is 7.05 Å². The minimum absolute atomic E-state index is 0.0108. The highest BCUT2D eigenvalue weighted by molar-refractivity contribution is 7.89. The average Bonchev–Trinajstić information content (AvgIpc) is 2.84. The third-order valence-electron chi connectivity index (χ3n) is 2.85.